The molecule has 0 rings (SSSR count). The van der Waals surface area contributed by atoms with Crippen LogP contribution in [-0.2, 0) is 14.4 Å². The van der Waals surface area contributed by atoms with E-state index in [2.05, 4.69) is 5.11 Å². The Balaban J connectivity index is 4.23. The number of primary amides is 1. The Labute approximate surface area is 86.7 Å². The summed E-state index contributed by atoms with van der Waals surface area (Å²) in [5, 5.41) is 14.3. The molecule has 0 aliphatic carbocycles. The van der Waals surface area contributed by atoms with Crippen molar-refractivity contribution in [1.82, 2.24) is 5.32 Å². The van der Waals surface area contributed by atoms with Gasteiger partial charge in [0.1, 0.15) is 6.04 Å². The fourth-order valence-corrected chi connectivity index (χ4v) is 0.758. The molecule has 0 aromatic heterocycles. The molecular weight excluding hydrogens is 206 g/mol. The molecule has 0 saturated heterocycles. The molecule has 0 radical (unpaired) electrons. The number of carboxylic acids is 1. The lowest BCUT2D eigenvalue weighted by molar-refractivity contribution is -0.139. The summed E-state index contributed by atoms with van der Waals surface area (Å²) in [4.78, 5) is 32.5. The minimum Gasteiger partial charge on any atom is -0.481 e. The van der Waals surface area contributed by atoms with Crippen LogP contribution < -0.4 is 16.8 Å². The van der Waals surface area contributed by atoms with E-state index in [0.717, 1.165) is 0 Å². The van der Waals surface area contributed by atoms with Crippen molar-refractivity contribution in [3.8, 4) is 0 Å². The molecule has 15 heavy (non-hydrogen) atoms. The predicted molar refractivity (Wildman–Crippen MR) is 48.4 cm³/mol. The normalized spacial score (nSPS) is 14.7. The van der Waals surface area contributed by atoms with Gasteiger partial charge in [0, 0.05) is 0 Å². The Morgan fingerprint density at radius 1 is 1.47 bits per heavy atom. The second-order valence-corrected chi connectivity index (χ2v) is 2.83. The number of rotatable bonds is 6. The molecule has 0 bridgehead atoms. The summed E-state index contributed by atoms with van der Waals surface area (Å²) in [5.74, 6) is -2.75. The summed E-state index contributed by atoms with van der Waals surface area (Å²) in [7, 11) is 0. The maximum absolute atomic E-state index is 11.2. The highest BCUT2D eigenvalue weighted by molar-refractivity contribution is 5.90. The van der Waals surface area contributed by atoms with Gasteiger partial charge < -0.3 is 27.0 Å². The quantitative estimate of drug-likeness (QED) is 0.316. The molecule has 8 heteroatoms. The number of carbonyl (C=O) groups is 3. The molecule has 86 valence electrons. The standard InChI is InChI=1S/C7H13N3O5/c8-3(1-5(12)13)7(15)10-4(2-11)6(9)14/h3-4,11H,1-2,8H2,(H2,9,14)(H,10,15)(H,12,13)/t3-,4-/m0/s1/i/hD. The number of hydrogen-bond acceptors (Lipinski definition) is 6. The minimum absolute atomic E-state index is 0.508. The van der Waals surface area contributed by atoms with Crippen molar-refractivity contribution < 1.29 is 24.6 Å². The molecule has 0 saturated carbocycles. The van der Waals surface area contributed by atoms with E-state index in [1.165, 1.54) is 0 Å². The average Bonchev–Trinajstić information content (AvgIpc) is 2.24. The summed E-state index contributed by atoms with van der Waals surface area (Å²) in [6, 6.07) is -2.53. The molecule has 7 N–H and O–H groups in total. The van der Waals surface area contributed by atoms with Gasteiger partial charge in [0.15, 0.2) is 0 Å². The van der Waals surface area contributed by atoms with Crippen LogP contribution in [0.1, 0.15) is 6.42 Å². The lowest BCUT2D eigenvalue weighted by Gasteiger charge is -2.15. The first-order chi connectivity index (χ1) is 7.42. The average molecular weight is 220 g/mol. The zero-order chi connectivity index (χ0) is 12.7. The van der Waals surface area contributed by atoms with Crippen LogP contribution in [0.15, 0.2) is 0 Å². The Morgan fingerprint density at radius 2 is 2.07 bits per heavy atom. The van der Waals surface area contributed by atoms with E-state index in [0.29, 0.717) is 0 Å². The zero-order valence-corrected chi connectivity index (χ0v) is 7.80. The van der Waals surface area contributed by atoms with Gasteiger partial charge in [-0.1, -0.05) is 0 Å². The summed E-state index contributed by atoms with van der Waals surface area (Å²) in [5.41, 5.74) is 10.1. The van der Waals surface area contributed by atoms with Crippen LogP contribution in [0.5, 0.6) is 0 Å². The van der Waals surface area contributed by atoms with Crippen LogP contribution in [0.2, 0.25) is 0 Å². The van der Waals surface area contributed by atoms with Crippen molar-refractivity contribution in [1.29, 1.82) is 1.43 Å². The molecule has 8 nitrogen and oxygen atoms in total. The summed E-state index contributed by atoms with van der Waals surface area (Å²) < 4.78 is 6.24. The molecule has 2 amide bonds. The van der Waals surface area contributed by atoms with Gasteiger partial charge in [-0.25, -0.2) is 0 Å². The van der Waals surface area contributed by atoms with Gasteiger partial charge >= 0.3 is 5.97 Å². The van der Waals surface area contributed by atoms with Gasteiger partial charge in [-0.2, -0.15) is 0 Å². The molecule has 0 aromatic rings. The van der Waals surface area contributed by atoms with Gasteiger partial charge in [-0.05, 0) is 0 Å². The molecule has 2 atom stereocenters. The van der Waals surface area contributed by atoms with Crippen LogP contribution in [0, 0.1) is 0 Å². The number of carboxylic acid groups (broad SMARTS) is 1. The fourth-order valence-electron chi connectivity index (χ4n) is 0.758. The largest absolute Gasteiger partial charge is 0.481 e. The van der Waals surface area contributed by atoms with E-state index in [1.807, 2.05) is 5.32 Å². The van der Waals surface area contributed by atoms with Crippen LogP contribution in [-0.4, -0.2) is 46.7 Å². The molecule has 0 aromatic carbocycles. The van der Waals surface area contributed by atoms with Gasteiger partial charge in [-0.3, -0.25) is 14.4 Å². The molecule has 0 unspecified atom stereocenters. The van der Waals surface area contributed by atoms with Gasteiger partial charge in [-0.15, -0.1) is 0 Å². The minimum atomic E-state index is -1.27. The summed E-state index contributed by atoms with van der Waals surface area (Å²) in [6.07, 6.45) is -0.508. The van der Waals surface area contributed by atoms with Crippen LogP contribution >= 0.6 is 0 Å². The smallest absolute Gasteiger partial charge is 0.305 e. The number of nitrogens with two attached hydrogens (primary N) is 2. The number of nitrogens with one attached hydrogen (secondary N) is 1. The van der Waals surface area contributed by atoms with Crippen molar-refractivity contribution in [3.63, 3.8) is 0 Å². The number of aliphatic hydroxyl groups excluding tert-OH is 1. The second kappa shape index (κ2) is 5.94. The van der Waals surface area contributed by atoms with Gasteiger partial charge in [0.25, 0.3) is 1.43 Å². The van der Waals surface area contributed by atoms with Gasteiger partial charge in [0.2, 0.25) is 11.8 Å². The number of aliphatic hydroxyl groups is 1. The Bertz CT molecular complexity index is 285. The van der Waals surface area contributed by atoms with Crippen molar-refractivity contribution in [2.75, 3.05) is 6.61 Å². The SMILES string of the molecule is [2H]OC(=O)C[C@H](N)C(=O)N[C@@H](CO)C(N)=O. The number of hydrogen-bond donors (Lipinski definition) is 5. The third kappa shape index (κ3) is 4.93. The van der Waals surface area contributed by atoms with Crippen molar-refractivity contribution in [3.05, 3.63) is 0 Å². The highest BCUT2D eigenvalue weighted by Crippen LogP contribution is 1.90. The molecule has 0 heterocycles. The van der Waals surface area contributed by atoms with E-state index in [4.69, 9.17) is 18.0 Å². The van der Waals surface area contributed by atoms with Crippen LogP contribution in [0.25, 0.3) is 1.43 Å². The predicted octanol–water partition coefficient (Wildman–Crippen LogP) is -3.25. The van der Waals surface area contributed by atoms with Gasteiger partial charge in [0.05, 0.1) is 19.1 Å². The fraction of sp³-hybridized carbons (Fsp3) is 0.571. The van der Waals surface area contributed by atoms with E-state index in [-0.39, 0.29) is 0 Å². The molecule has 0 fully saturated rings. The maximum atomic E-state index is 11.2. The van der Waals surface area contributed by atoms with Crippen molar-refractivity contribution in [2.45, 2.75) is 18.5 Å². The lowest BCUT2D eigenvalue weighted by Crippen LogP contribution is -2.52. The van der Waals surface area contributed by atoms with Crippen LogP contribution in [0.4, 0.5) is 0 Å². The highest BCUT2D eigenvalue weighted by Gasteiger charge is 2.22. The summed E-state index contributed by atoms with van der Waals surface area (Å²) >= 11 is 0. The van der Waals surface area contributed by atoms with E-state index in [9.17, 15) is 14.4 Å². The maximum Gasteiger partial charge on any atom is 0.305 e. The monoisotopic (exact) mass is 220 g/mol. The first-order valence-corrected chi connectivity index (χ1v) is 4.04. The van der Waals surface area contributed by atoms with E-state index < -0.39 is 42.9 Å². The first-order valence-electron chi connectivity index (χ1n) is 4.45. The number of amides is 2. The highest BCUT2D eigenvalue weighted by atomic mass is 16.4. The lowest BCUT2D eigenvalue weighted by atomic mass is 10.2. The zero-order valence-electron chi connectivity index (χ0n) is 8.80. The molecule has 0 aliphatic rings. The molecule has 0 spiro atoms. The van der Waals surface area contributed by atoms with E-state index >= 15 is 0 Å². The second-order valence-electron chi connectivity index (χ2n) is 2.83. The van der Waals surface area contributed by atoms with Crippen molar-refractivity contribution in [2.24, 2.45) is 11.5 Å². The Kier molecular flexibility index (Phi) is 4.51. The molecule has 0 aliphatic heterocycles. The number of aliphatic carboxylic acids is 1. The third-order valence-corrected chi connectivity index (χ3v) is 1.57. The first kappa shape index (κ1) is 11.4. The van der Waals surface area contributed by atoms with Crippen LogP contribution in [0.3, 0.4) is 0 Å². The molecular formula is C7H13N3O5. The van der Waals surface area contributed by atoms with Crippen molar-refractivity contribution >= 4 is 17.8 Å². The van der Waals surface area contributed by atoms with E-state index in [1.54, 1.807) is 0 Å². The topological polar surface area (TPSA) is 156 Å². The Hall–Kier alpha value is -1.67. The summed E-state index contributed by atoms with van der Waals surface area (Å²) in [6.45, 7) is -0.670. The number of carbonyl (C=O) groups excluding carboxylic acids is 2. The third-order valence-electron chi connectivity index (χ3n) is 1.57. The Morgan fingerprint density at radius 3 is 2.47 bits per heavy atom.